The number of benzene rings is 1. The number of carbonyl (C=O) groups is 1. The summed E-state index contributed by atoms with van der Waals surface area (Å²) < 4.78 is 0. The maximum atomic E-state index is 12.0. The maximum absolute atomic E-state index is 12.0. The van der Waals surface area contributed by atoms with E-state index in [0.717, 1.165) is 19.4 Å². The lowest BCUT2D eigenvalue weighted by Crippen LogP contribution is -2.45. The molecule has 0 saturated carbocycles. The second kappa shape index (κ2) is 6.09. The largest absolute Gasteiger partial charge is 0.359 e. The minimum absolute atomic E-state index is 0.122. The van der Waals surface area contributed by atoms with Crippen LogP contribution in [0.1, 0.15) is 32.8 Å². The van der Waals surface area contributed by atoms with Gasteiger partial charge in [0, 0.05) is 18.3 Å². The molecule has 1 unspecified atom stereocenters. The topological polar surface area (TPSA) is 32.3 Å². The molecule has 2 rings (SSSR count). The second-order valence-electron chi connectivity index (χ2n) is 5.84. The van der Waals surface area contributed by atoms with Crippen molar-refractivity contribution < 1.29 is 4.79 Å². The molecule has 1 atom stereocenters. The molecule has 1 aliphatic rings. The Bertz CT molecular complexity index is 442. The van der Waals surface area contributed by atoms with Crippen LogP contribution in [0.4, 0.5) is 5.69 Å². The fourth-order valence-electron chi connectivity index (χ4n) is 2.53. The number of aryl methyl sites for hydroxylation is 1. The number of para-hydroxylation sites is 1. The predicted molar refractivity (Wildman–Crippen MR) is 79.4 cm³/mol. The van der Waals surface area contributed by atoms with E-state index >= 15 is 0 Å². The molecule has 1 aromatic rings. The average Bonchev–Trinajstić information content (AvgIpc) is 2.40. The molecule has 0 fully saturated rings. The van der Waals surface area contributed by atoms with Crippen molar-refractivity contribution in [3.63, 3.8) is 0 Å². The molecule has 0 radical (unpaired) electrons. The van der Waals surface area contributed by atoms with E-state index in [1.165, 1.54) is 11.3 Å². The second-order valence-corrected chi connectivity index (χ2v) is 5.84. The van der Waals surface area contributed by atoms with E-state index in [1.807, 2.05) is 0 Å². The molecule has 0 aromatic heterocycles. The fourth-order valence-corrected chi connectivity index (χ4v) is 2.53. The Morgan fingerprint density at radius 2 is 2.16 bits per heavy atom. The van der Waals surface area contributed by atoms with Crippen molar-refractivity contribution in [1.29, 1.82) is 0 Å². The van der Waals surface area contributed by atoms with E-state index in [9.17, 15) is 4.79 Å². The zero-order chi connectivity index (χ0) is 13.8. The lowest BCUT2D eigenvalue weighted by Gasteiger charge is -2.36. The van der Waals surface area contributed by atoms with Crippen molar-refractivity contribution in [2.75, 3.05) is 18.0 Å². The van der Waals surface area contributed by atoms with Crippen LogP contribution in [0.2, 0.25) is 0 Å². The average molecular weight is 260 g/mol. The molecule has 0 saturated heterocycles. The van der Waals surface area contributed by atoms with Gasteiger partial charge in [-0.3, -0.25) is 4.79 Å². The van der Waals surface area contributed by atoms with E-state index in [4.69, 9.17) is 0 Å². The van der Waals surface area contributed by atoms with Crippen LogP contribution in [0.25, 0.3) is 0 Å². The molecule has 3 heteroatoms. The van der Waals surface area contributed by atoms with Crippen LogP contribution in [0, 0.1) is 5.92 Å². The molecule has 19 heavy (non-hydrogen) atoms. The van der Waals surface area contributed by atoms with Gasteiger partial charge in [0.2, 0.25) is 5.91 Å². The molecule has 1 aliphatic heterocycles. The number of amides is 1. The smallest absolute Gasteiger partial charge is 0.239 e. The van der Waals surface area contributed by atoms with Crippen LogP contribution in [0.5, 0.6) is 0 Å². The monoisotopic (exact) mass is 260 g/mol. The van der Waals surface area contributed by atoms with Gasteiger partial charge >= 0.3 is 0 Å². The van der Waals surface area contributed by atoms with Gasteiger partial charge in [-0.15, -0.1) is 0 Å². The molecule has 1 heterocycles. The Hall–Kier alpha value is -1.51. The van der Waals surface area contributed by atoms with Crippen molar-refractivity contribution in [2.45, 2.75) is 39.7 Å². The van der Waals surface area contributed by atoms with Gasteiger partial charge in [-0.2, -0.15) is 0 Å². The lowest BCUT2D eigenvalue weighted by molar-refractivity contribution is -0.120. The van der Waals surface area contributed by atoms with Gasteiger partial charge in [-0.25, -0.2) is 0 Å². The van der Waals surface area contributed by atoms with E-state index in [0.29, 0.717) is 18.5 Å². The van der Waals surface area contributed by atoms with E-state index in [-0.39, 0.29) is 5.91 Å². The molecule has 0 bridgehead atoms. The Kier molecular flexibility index (Phi) is 4.46. The highest BCUT2D eigenvalue weighted by atomic mass is 16.2. The SMILES string of the molecule is CC(C)CNC(=O)CN1c2ccccc2CCC1C. The highest BCUT2D eigenvalue weighted by molar-refractivity contribution is 5.82. The molecule has 3 nitrogen and oxygen atoms in total. The van der Waals surface area contributed by atoms with Crippen LogP contribution >= 0.6 is 0 Å². The van der Waals surface area contributed by atoms with Crippen LogP contribution in [-0.4, -0.2) is 25.0 Å². The van der Waals surface area contributed by atoms with Crippen molar-refractivity contribution in [3.05, 3.63) is 29.8 Å². The zero-order valence-electron chi connectivity index (χ0n) is 12.1. The predicted octanol–water partition coefficient (Wildman–Crippen LogP) is 2.60. The molecular formula is C16H24N2O. The van der Waals surface area contributed by atoms with Gasteiger partial charge in [-0.05, 0) is 37.3 Å². The van der Waals surface area contributed by atoms with Crippen LogP contribution in [0.15, 0.2) is 24.3 Å². The molecule has 0 aliphatic carbocycles. The summed E-state index contributed by atoms with van der Waals surface area (Å²) in [4.78, 5) is 14.2. The van der Waals surface area contributed by atoms with Gasteiger partial charge in [0.15, 0.2) is 0 Å². The van der Waals surface area contributed by atoms with Crippen LogP contribution < -0.4 is 10.2 Å². The molecule has 104 valence electrons. The number of hydrogen-bond acceptors (Lipinski definition) is 2. The first-order valence-electron chi connectivity index (χ1n) is 7.19. The highest BCUT2D eigenvalue weighted by Gasteiger charge is 2.24. The molecule has 1 N–H and O–H groups in total. The third-order valence-electron chi connectivity index (χ3n) is 3.69. The van der Waals surface area contributed by atoms with Crippen molar-refractivity contribution in [1.82, 2.24) is 5.32 Å². The highest BCUT2D eigenvalue weighted by Crippen LogP contribution is 2.29. The summed E-state index contributed by atoms with van der Waals surface area (Å²) in [5.41, 5.74) is 2.58. The van der Waals surface area contributed by atoms with E-state index in [2.05, 4.69) is 55.3 Å². The summed E-state index contributed by atoms with van der Waals surface area (Å²) in [6.07, 6.45) is 2.23. The molecular weight excluding hydrogens is 236 g/mol. The minimum Gasteiger partial charge on any atom is -0.359 e. The summed E-state index contributed by atoms with van der Waals surface area (Å²) >= 11 is 0. The van der Waals surface area contributed by atoms with Crippen molar-refractivity contribution in [3.8, 4) is 0 Å². The Balaban J connectivity index is 2.05. The summed E-state index contributed by atoms with van der Waals surface area (Å²) in [5, 5.41) is 3.00. The summed E-state index contributed by atoms with van der Waals surface area (Å²) in [5.74, 6) is 0.618. The normalized spacial score (nSPS) is 18.3. The number of rotatable bonds is 4. The number of nitrogens with one attached hydrogen (secondary N) is 1. The molecule has 1 aromatic carbocycles. The van der Waals surface area contributed by atoms with Gasteiger partial charge < -0.3 is 10.2 Å². The summed E-state index contributed by atoms with van der Waals surface area (Å²) in [6, 6.07) is 8.85. The summed E-state index contributed by atoms with van der Waals surface area (Å²) in [6.45, 7) is 7.64. The Labute approximate surface area is 116 Å². The number of carbonyl (C=O) groups excluding carboxylic acids is 1. The Morgan fingerprint density at radius 1 is 1.42 bits per heavy atom. The lowest BCUT2D eigenvalue weighted by atomic mass is 9.96. The standard InChI is InChI=1S/C16H24N2O/c1-12(2)10-17-16(19)11-18-13(3)8-9-14-6-4-5-7-15(14)18/h4-7,12-13H,8-11H2,1-3H3,(H,17,19). The van der Waals surface area contributed by atoms with Crippen molar-refractivity contribution in [2.24, 2.45) is 5.92 Å². The van der Waals surface area contributed by atoms with Crippen LogP contribution in [-0.2, 0) is 11.2 Å². The molecule has 0 spiro atoms. The molecule has 1 amide bonds. The van der Waals surface area contributed by atoms with Gasteiger partial charge in [0.25, 0.3) is 0 Å². The Morgan fingerprint density at radius 3 is 2.89 bits per heavy atom. The first-order chi connectivity index (χ1) is 9.08. The quantitative estimate of drug-likeness (QED) is 0.902. The minimum atomic E-state index is 0.122. The van der Waals surface area contributed by atoms with E-state index < -0.39 is 0 Å². The van der Waals surface area contributed by atoms with Gasteiger partial charge in [0.05, 0.1) is 6.54 Å². The number of anilines is 1. The third kappa shape index (κ3) is 3.49. The fraction of sp³-hybridized carbons (Fsp3) is 0.562. The number of hydrogen-bond donors (Lipinski definition) is 1. The summed E-state index contributed by atoms with van der Waals surface area (Å²) in [7, 11) is 0. The first kappa shape index (κ1) is 13.9. The third-order valence-corrected chi connectivity index (χ3v) is 3.69. The number of nitrogens with zero attached hydrogens (tertiary/aromatic N) is 1. The van der Waals surface area contributed by atoms with Gasteiger partial charge in [-0.1, -0.05) is 32.0 Å². The van der Waals surface area contributed by atoms with Gasteiger partial charge in [0.1, 0.15) is 0 Å². The maximum Gasteiger partial charge on any atom is 0.239 e. The first-order valence-corrected chi connectivity index (χ1v) is 7.19. The zero-order valence-corrected chi connectivity index (χ0v) is 12.1. The van der Waals surface area contributed by atoms with Crippen molar-refractivity contribution >= 4 is 11.6 Å². The van der Waals surface area contributed by atoms with E-state index in [1.54, 1.807) is 0 Å². The van der Waals surface area contributed by atoms with Crippen LogP contribution in [0.3, 0.4) is 0 Å². The number of fused-ring (bicyclic) bond motifs is 1.